The Labute approximate surface area is 126 Å². The molecule has 2 rings (SSSR count). The number of halogens is 3. The molecule has 0 radical (unpaired) electrons. The van der Waals surface area contributed by atoms with Crippen LogP contribution < -0.4 is 4.74 Å². The minimum Gasteiger partial charge on any atom is -0.487 e. The number of hydrogen-bond acceptors (Lipinski definition) is 2. The molecule has 0 amide bonds. The SMILES string of the molecule is N#Cc1ccc(F)cc1COc1c(Cl)cccc1CCl. The van der Waals surface area contributed by atoms with Gasteiger partial charge in [0.15, 0.2) is 0 Å². The van der Waals surface area contributed by atoms with Gasteiger partial charge in [0.2, 0.25) is 0 Å². The van der Waals surface area contributed by atoms with Crippen molar-refractivity contribution in [1.82, 2.24) is 0 Å². The molecule has 0 aliphatic heterocycles. The monoisotopic (exact) mass is 309 g/mol. The summed E-state index contributed by atoms with van der Waals surface area (Å²) in [6.07, 6.45) is 0. The van der Waals surface area contributed by atoms with Gasteiger partial charge in [-0.25, -0.2) is 4.39 Å². The lowest BCUT2D eigenvalue weighted by Crippen LogP contribution is -2.01. The fourth-order valence-electron chi connectivity index (χ4n) is 1.76. The molecule has 0 aliphatic carbocycles. The van der Waals surface area contributed by atoms with Gasteiger partial charge in [-0.15, -0.1) is 11.6 Å². The first kappa shape index (κ1) is 14.6. The van der Waals surface area contributed by atoms with E-state index < -0.39 is 5.82 Å². The van der Waals surface area contributed by atoms with Crippen LogP contribution in [0.25, 0.3) is 0 Å². The molecule has 102 valence electrons. The molecule has 0 unspecified atom stereocenters. The van der Waals surface area contributed by atoms with Gasteiger partial charge in [-0.05, 0) is 24.3 Å². The van der Waals surface area contributed by atoms with Crippen LogP contribution in [0.1, 0.15) is 16.7 Å². The molecule has 0 N–H and O–H groups in total. The Kier molecular flexibility index (Phi) is 4.84. The molecule has 20 heavy (non-hydrogen) atoms. The number of nitrogens with zero attached hydrogens (tertiary/aromatic N) is 1. The van der Waals surface area contributed by atoms with E-state index in [1.54, 1.807) is 18.2 Å². The van der Waals surface area contributed by atoms with E-state index in [4.69, 9.17) is 33.2 Å². The minimum absolute atomic E-state index is 0.0499. The highest BCUT2D eigenvalue weighted by molar-refractivity contribution is 6.32. The molecule has 0 heterocycles. The van der Waals surface area contributed by atoms with E-state index in [0.717, 1.165) is 5.56 Å². The zero-order chi connectivity index (χ0) is 14.5. The average molecular weight is 310 g/mol. The predicted octanol–water partition coefficient (Wildman–Crippen LogP) is 4.67. The highest BCUT2D eigenvalue weighted by Crippen LogP contribution is 2.30. The quantitative estimate of drug-likeness (QED) is 0.769. The van der Waals surface area contributed by atoms with Crippen molar-refractivity contribution >= 4 is 23.2 Å². The Balaban J connectivity index is 2.26. The molecule has 0 aliphatic rings. The van der Waals surface area contributed by atoms with E-state index in [0.29, 0.717) is 21.9 Å². The van der Waals surface area contributed by atoms with Crippen LogP contribution >= 0.6 is 23.2 Å². The van der Waals surface area contributed by atoms with E-state index in [2.05, 4.69) is 0 Å². The van der Waals surface area contributed by atoms with Gasteiger partial charge in [0.05, 0.1) is 22.5 Å². The molecule has 0 saturated carbocycles. The summed E-state index contributed by atoms with van der Waals surface area (Å²) >= 11 is 11.9. The van der Waals surface area contributed by atoms with Crippen molar-refractivity contribution in [3.63, 3.8) is 0 Å². The van der Waals surface area contributed by atoms with Crippen LogP contribution in [0.5, 0.6) is 5.75 Å². The third-order valence-electron chi connectivity index (χ3n) is 2.75. The fraction of sp³-hybridized carbons (Fsp3) is 0.133. The molecule has 0 aromatic heterocycles. The summed E-state index contributed by atoms with van der Waals surface area (Å²) in [7, 11) is 0. The summed E-state index contributed by atoms with van der Waals surface area (Å²) < 4.78 is 18.8. The lowest BCUT2D eigenvalue weighted by molar-refractivity contribution is 0.303. The van der Waals surface area contributed by atoms with Gasteiger partial charge in [-0.1, -0.05) is 23.7 Å². The molecule has 0 spiro atoms. The summed E-state index contributed by atoms with van der Waals surface area (Å²) in [5.41, 5.74) is 1.58. The van der Waals surface area contributed by atoms with Gasteiger partial charge in [-0.2, -0.15) is 5.26 Å². The maximum absolute atomic E-state index is 13.2. The number of rotatable bonds is 4. The summed E-state index contributed by atoms with van der Waals surface area (Å²) in [5.74, 6) is 0.293. The van der Waals surface area contributed by atoms with Crippen LogP contribution in [0.15, 0.2) is 36.4 Å². The van der Waals surface area contributed by atoms with Crippen molar-refractivity contribution in [2.24, 2.45) is 0 Å². The Hall–Kier alpha value is -1.76. The van der Waals surface area contributed by atoms with Crippen molar-refractivity contribution < 1.29 is 9.13 Å². The summed E-state index contributed by atoms with van der Waals surface area (Å²) in [6, 6.07) is 11.2. The summed E-state index contributed by atoms with van der Waals surface area (Å²) in [5, 5.41) is 9.42. The maximum Gasteiger partial charge on any atom is 0.142 e. The van der Waals surface area contributed by atoms with Crippen LogP contribution in [-0.2, 0) is 12.5 Å². The van der Waals surface area contributed by atoms with Gasteiger partial charge in [-0.3, -0.25) is 0 Å². The second-order valence-corrected chi connectivity index (χ2v) is 4.74. The number of nitriles is 1. The van der Waals surface area contributed by atoms with Crippen LogP contribution in [0.3, 0.4) is 0 Å². The molecular formula is C15H10Cl2FNO. The zero-order valence-electron chi connectivity index (χ0n) is 10.4. The largest absolute Gasteiger partial charge is 0.487 e. The predicted molar refractivity (Wildman–Crippen MR) is 76.5 cm³/mol. The average Bonchev–Trinajstić information content (AvgIpc) is 2.46. The van der Waals surface area contributed by atoms with Crippen molar-refractivity contribution in [2.75, 3.05) is 0 Å². The molecule has 0 atom stereocenters. The van der Waals surface area contributed by atoms with Crippen LogP contribution in [0, 0.1) is 17.1 Å². The highest BCUT2D eigenvalue weighted by Gasteiger charge is 2.10. The highest BCUT2D eigenvalue weighted by atomic mass is 35.5. The van der Waals surface area contributed by atoms with Crippen LogP contribution in [0.4, 0.5) is 4.39 Å². The van der Waals surface area contributed by atoms with Gasteiger partial charge >= 0.3 is 0 Å². The number of hydrogen-bond donors (Lipinski definition) is 0. The first-order valence-corrected chi connectivity index (χ1v) is 6.71. The maximum atomic E-state index is 13.2. The van der Waals surface area contributed by atoms with Gasteiger partial charge in [0.1, 0.15) is 18.2 Å². The third-order valence-corrected chi connectivity index (χ3v) is 3.34. The summed E-state index contributed by atoms with van der Waals surface area (Å²) in [4.78, 5) is 0. The first-order chi connectivity index (χ1) is 9.65. The molecule has 0 bridgehead atoms. The van der Waals surface area contributed by atoms with E-state index in [-0.39, 0.29) is 12.5 Å². The normalized spacial score (nSPS) is 10.1. The van der Waals surface area contributed by atoms with Gasteiger partial charge < -0.3 is 4.74 Å². The second kappa shape index (κ2) is 6.60. The van der Waals surface area contributed by atoms with Crippen molar-refractivity contribution in [2.45, 2.75) is 12.5 Å². The van der Waals surface area contributed by atoms with E-state index in [1.807, 2.05) is 6.07 Å². The third kappa shape index (κ3) is 3.22. The second-order valence-electron chi connectivity index (χ2n) is 4.06. The number of para-hydroxylation sites is 1. The number of benzene rings is 2. The molecule has 2 aromatic rings. The lowest BCUT2D eigenvalue weighted by atomic mass is 10.1. The molecular weight excluding hydrogens is 300 g/mol. The molecule has 5 heteroatoms. The summed E-state index contributed by atoms with van der Waals surface area (Å²) in [6.45, 7) is 0.0499. The molecule has 0 fully saturated rings. The Morgan fingerprint density at radius 1 is 1.20 bits per heavy atom. The van der Waals surface area contributed by atoms with Crippen molar-refractivity contribution in [1.29, 1.82) is 5.26 Å². The first-order valence-electron chi connectivity index (χ1n) is 5.80. The Bertz CT molecular complexity index is 667. The van der Waals surface area contributed by atoms with Crippen LogP contribution in [0.2, 0.25) is 5.02 Å². The topological polar surface area (TPSA) is 33.0 Å². The smallest absolute Gasteiger partial charge is 0.142 e. The lowest BCUT2D eigenvalue weighted by Gasteiger charge is -2.12. The van der Waals surface area contributed by atoms with Gasteiger partial charge in [0.25, 0.3) is 0 Å². The molecule has 0 saturated heterocycles. The molecule has 2 nitrogen and oxygen atoms in total. The van der Waals surface area contributed by atoms with Crippen LogP contribution in [-0.4, -0.2) is 0 Å². The van der Waals surface area contributed by atoms with Gasteiger partial charge in [0, 0.05) is 11.1 Å². The minimum atomic E-state index is -0.417. The van der Waals surface area contributed by atoms with Crippen molar-refractivity contribution in [3.05, 3.63) is 63.9 Å². The number of alkyl halides is 1. The fourth-order valence-corrected chi connectivity index (χ4v) is 2.22. The van der Waals surface area contributed by atoms with E-state index >= 15 is 0 Å². The van der Waals surface area contributed by atoms with E-state index in [9.17, 15) is 4.39 Å². The standard InChI is InChI=1S/C15H10Cl2FNO/c16-7-10-2-1-3-14(17)15(10)20-9-12-6-13(18)5-4-11(12)8-19/h1-6H,7,9H2. The zero-order valence-corrected chi connectivity index (χ0v) is 11.9. The molecule has 2 aromatic carbocycles. The van der Waals surface area contributed by atoms with Crippen molar-refractivity contribution in [3.8, 4) is 11.8 Å². The van der Waals surface area contributed by atoms with E-state index in [1.165, 1.54) is 18.2 Å². The Morgan fingerprint density at radius 2 is 2.00 bits per heavy atom. The number of ether oxygens (including phenoxy) is 1. The Morgan fingerprint density at radius 3 is 2.70 bits per heavy atom.